The van der Waals surface area contributed by atoms with Gasteiger partial charge in [-0.2, -0.15) is 0 Å². The Labute approximate surface area is 120 Å². The molecule has 108 valence electrons. The maximum absolute atomic E-state index is 6.06. The molecule has 0 amide bonds. The highest BCUT2D eigenvalue weighted by Gasteiger charge is 2.31. The van der Waals surface area contributed by atoms with Gasteiger partial charge in [-0.05, 0) is 44.4 Å². The summed E-state index contributed by atoms with van der Waals surface area (Å²) >= 11 is 1.87. The van der Waals surface area contributed by atoms with E-state index in [9.17, 15) is 0 Å². The molecule has 0 spiro atoms. The number of hydrogen-bond acceptors (Lipinski definition) is 4. The summed E-state index contributed by atoms with van der Waals surface area (Å²) in [7, 11) is 1.82. The summed E-state index contributed by atoms with van der Waals surface area (Å²) in [5.41, 5.74) is 7.47. The summed E-state index contributed by atoms with van der Waals surface area (Å²) in [4.78, 5) is 5.28. The standard InChI is InChI=1S/C15H26N2OS/c1-10-5-6-17(9-15(10)18-4)14(8-16)13-7-11(2)19-12(13)3/h7,10,14-15H,5-6,8-9,16H2,1-4H3. The van der Waals surface area contributed by atoms with E-state index in [0.717, 1.165) is 13.1 Å². The largest absolute Gasteiger partial charge is 0.380 e. The van der Waals surface area contributed by atoms with E-state index in [2.05, 4.69) is 31.7 Å². The fraction of sp³-hybridized carbons (Fsp3) is 0.733. The van der Waals surface area contributed by atoms with E-state index in [1.165, 1.54) is 21.7 Å². The maximum Gasteiger partial charge on any atom is 0.0724 e. The summed E-state index contributed by atoms with van der Waals surface area (Å²) in [5, 5.41) is 0. The summed E-state index contributed by atoms with van der Waals surface area (Å²) in [6.07, 6.45) is 1.53. The van der Waals surface area contributed by atoms with Crippen molar-refractivity contribution < 1.29 is 4.74 Å². The average Bonchev–Trinajstić information content (AvgIpc) is 2.71. The Balaban J connectivity index is 2.16. The molecule has 2 rings (SSSR count). The second kappa shape index (κ2) is 6.35. The van der Waals surface area contributed by atoms with Crippen molar-refractivity contribution in [2.24, 2.45) is 11.7 Å². The van der Waals surface area contributed by atoms with E-state index >= 15 is 0 Å². The summed E-state index contributed by atoms with van der Waals surface area (Å²) in [5.74, 6) is 0.644. The summed E-state index contributed by atoms with van der Waals surface area (Å²) < 4.78 is 5.62. The topological polar surface area (TPSA) is 38.5 Å². The lowest BCUT2D eigenvalue weighted by Gasteiger charge is -2.40. The molecule has 19 heavy (non-hydrogen) atoms. The van der Waals surface area contributed by atoms with Gasteiger partial charge in [-0.15, -0.1) is 11.3 Å². The Morgan fingerprint density at radius 1 is 1.53 bits per heavy atom. The van der Waals surface area contributed by atoms with Crippen molar-refractivity contribution in [2.45, 2.75) is 39.3 Å². The van der Waals surface area contributed by atoms with Gasteiger partial charge in [0, 0.05) is 36.0 Å². The lowest BCUT2D eigenvalue weighted by atomic mass is 9.93. The molecule has 3 nitrogen and oxygen atoms in total. The van der Waals surface area contributed by atoms with Crippen LogP contribution in [0.1, 0.15) is 34.7 Å². The van der Waals surface area contributed by atoms with Gasteiger partial charge in [0.25, 0.3) is 0 Å². The lowest BCUT2D eigenvalue weighted by Crippen LogP contribution is -2.47. The number of methoxy groups -OCH3 is 1. The van der Waals surface area contributed by atoms with Crippen LogP contribution >= 0.6 is 11.3 Å². The Bertz CT molecular complexity index is 418. The molecular formula is C15H26N2OS. The second-order valence-corrected chi connectivity index (χ2v) is 7.12. The van der Waals surface area contributed by atoms with Crippen LogP contribution in [0.5, 0.6) is 0 Å². The van der Waals surface area contributed by atoms with Crippen LogP contribution in [0.4, 0.5) is 0 Å². The first-order chi connectivity index (χ1) is 9.06. The minimum atomic E-state index is 0.336. The maximum atomic E-state index is 6.06. The summed E-state index contributed by atoms with van der Waals surface area (Å²) in [6.45, 7) is 9.46. The molecule has 1 fully saturated rings. The van der Waals surface area contributed by atoms with Crippen molar-refractivity contribution in [1.29, 1.82) is 0 Å². The first kappa shape index (κ1) is 15.0. The zero-order valence-electron chi connectivity index (χ0n) is 12.5. The van der Waals surface area contributed by atoms with Gasteiger partial charge in [0.05, 0.1) is 6.10 Å². The fourth-order valence-corrected chi connectivity index (χ4v) is 4.08. The van der Waals surface area contributed by atoms with Crippen molar-refractivity contribution in [3.8, 4) is 0 Å². The monoisotopic (exact) mass is 282 g/mol. The SMILES string of the molecule is COC1CN(C(CN)c2cc(C)sc2C)CCC1C. The number of aryl methyl sites for hydroxylation is 2. The molecule has 3 atom stereocenters. The van der Waals surface area contributed by atoms with Crippen molar-refractivity contribution in [2.75, 3.05) is 26.7 Å². The predicted octanol–water partition coefficient (Wildman–Crippen LogP) is 2.72. The molecular weight excluding hydrogens is 256 g/mol. The van der Waals surface area contributed by atoms with Crippen LogP contribution < -0.4 is 5.73 Å². The number of ether oxygens (including phenoxy) is 1. The molecule has 4 heteroatoms. The molecule has 1 saturated heterocycles. The van der Waals surface area contributed by atoms with Gasteiger partial charge >= 0.3 is 0 Å². The van der Waals surface area contributed by atoms with Crippen LogP contribution in [-0.4, -0.2) is 37.7 Å². The molecule has 1 aromatic heterocycles. The Hall–Kier alpha value is -0.420. The smallest absolute Gasteiger partial charge is 0.0724 e. The highest BCUT2D eigenvalue weighted by atomic mass is 32.1. The average molecular weight is 282 g/mol. The van der Waals surface area contributed by atoms with Crippen LogP contribution in [0.25, 0.3) is 0 Å². The molecule has 1 aliphatic rings. The number of nitrogens with two attached hydrogens (primary N) is 1. The van der Waals surface area contributed by atoms with Crippen LogP contribution in [0.15, 0.2) is 6.07 Å². The Morgan fingerprint density at radius 3 is 2.79 bits per heavy atom. The van der Waals surface area contributed by atoms with Gasteiger partial charge in [0.2, 0.25) is 0 Å². The van der Waals surface area contributed by atoms with E-state index in [-0.39, 0.29) is 0 Å². The molecule has 0 aromatic carbocycles. The van der Waals surface area contributed by atoms with Gasteiger partial charge < -0.3 is 10.5 Å². The van der Waals surface area contributed by atoms with E-state index in [4.69, 9.17) is 10.5 Å². The number of piperidine rings is 1. The molecule has 0 bridgehead atoms. The molecule has 2 N–H and O–H groups in total. The lowest BCUT2D eigenvalue weighted by molar-refractivity contribution is -0.0183. The van der Waals surface area contributed by atoms with Crippen molar-refractivity contribution >= 4 is 11.3 Å². The quantitative estimate of drug-likeness (QED) is 0.923. The molecule has 1 aromatic rings. The van der Waals surface area contributed by atoms with E-state index in [0.29, 0.717) is 24.6 Å². The molecule has 1 aliphatic heterocycles. The number of hydrogen-bond donors (Lipinski definition) is 1. The molecule has 2 heterocycles. The first-order valence-electron chi connectivity index (χ1n) is 7.10. The van der Waals surface area contributed by atoms with Crippen LogP contribution in [0, 0.1) is 19.8 Å². The molecule has 0 radical (unpaired) electrons. The molecule has 3 unspecified atom stereocenters. The Kier molecular flexibility index (Phi) is 5.01. The van der Waals surface area contributed by atoms with Crippen molar-refractivity contribution in [3.05, 3.63) is 21.4 Å². The minimum Gasteiger partial charge on any atom is -0.380 e. The third kappa shape index (κ3) is 3.19. The molecule has 0 aliphatic carbocycles. The number of rotatable bonds is 4. The highest BCUT2D eigenvalue weighted by Crippen LogP contribution is 2.32. The van der Waals surface area contributed by atoms with Crippen LogP contribution in [0.3, 0.4) is 0 Å². The van der Waals surface area contributed by atoms with Crippen molar-refractivity contribution in [1.82, 2.24) is 4.90 Å². The third-order valence-corrected chi connectivity index (χ3v) is 5.31. The third-order valence-electron chi connectivity index (χ3n) is 4.33. The normalized spacial score (nSPS) is 26.6. The van der Waals surface area contributed by atoms with E-state index in [1.807, 2.05) is 18.4 Å². The van der Waals surface area contributed by atoms with Crippen LogP contribution in [0.2, 0.25) is 0 Å². The second-order valence-electron chi connectivity index (χ2n) is 5.66. The zero-order valence-corrected chi connectivity index (χ0v) is 13.3. The number of nitrogens with zero attached hydrogens (tertiary/aromatic N) is 1. The predicted molar refractivity (Wildman–Crippen MR) is 81.7 cm³/mol. The fourth-order valence-electron chi connectivity index (χ4n) is 3.10. The van der Waals surface area contributed by atoms with Gasteiger partial charge in [-0.1, -0.05) is 6.92 Å². The van der Waals surface area contributed by atoms with Crippen molar-refractivity contribution in [3.63, 3.8) is 0 Å². The van der Waals surface area contributed by atoms with Gasteiger partial charge in [-0.25, -0.2) is 0 Å². The highest BCUT2D eigenvalue weighted by molar-refractivity contribution is 7.12. The zero-order chi connectivity index (χ0) is 14.0. The van der Waals surface area contributed by atoms with E-state index in [1.54, 1.807) is 0 Å². The van der Waals surface area contributed by atoms with Gasteiger partial charge in [-0.3, -0.25) is 4.90 Å². The number of thiophene rings is 1. The minimum absolute atomic E-state index is 0.336. The van der Waals surface area contributed by atoms with Gasteiger partial charge in [0.1, 0.15) is 0 Å². The molecule has 0 saturated carbocycles. The van der Waals surface area contributed by atoms with Crippen LogP contribution in [-0.2, 0) is 4.74 Å². The Morgan fingerprint density at radius 2 is 2.26 bits per heavy atom. The first-order valence-corrected chi connectivity index (χ1v) is 7.92. The van der Waals surface area contributed by atoms with Gasteiger partial charge in [0.15, 0.2) is 0 Å². The summed E-state index contributed by atoms with van der Waals surface area (Å²) in [6, 6.07) is 2.65. The van der Waals surface area contributed by atoms with E-state index < -0.39 is 0 Å². The number of likely N-dealkylation sites (tertiary alicyclic amines) is 1.